The van der Waals surface area contributed by atoms with Crippen molar-refractivity contribution < 1.29 is 18.4 Å². The van der Waals surface area contributed by atoms with Crippen LogP contribution in [0.15, 0.2) is 0 Å². The number of hydrogen-bond acceptors (Lipinski definition) is 6. The summed E-state index contributed by atoms with van der Waals surface area (Å²) in [6, 6.07) is 1.92. The third-order valence-corrected chi connectivity index (χ3v) is 4.56. The molecule has 7 nitrogen and oxygen atoms in total. The summed E-state index contributed by atoms with van der Waals surface area (Å²) in [7, 11) is -3.12. The highest BCUT2D eigenvalue weighted by Gasteiger charge is 2.23. The first kappa shape index (κ1) is 19.1. The van der Waals surface area contributed by atoms with Gasteiger partial charge in [-0.25, -0.2) is 0 Å². The molecule has 1 atom stereocenters. The number of hydrogen-bond donors (Lipinski definition) is 2. The van der Waals surface area contributed by atoms with E-state index in [1.807, 2.05) is 6.07 Å². The summed E-state index contributed by atoms with van der Waals surface area (Å²) < 4.78 is 22.3. The van der Waals surface area contributed by atoms with Crippen LogP contribution in [0.3, 0.4) is 0 Å². The van der Waals surface area contributed by atoms with Crippen LogP contribution >= 0.6 is 7.60 Å². The van der Waals surface area contributed by atoms with Crippen LogP contribution in [0.2, 0.25) is 0 Å². The van der Waals surface area contributed by atoms with Crippen LogP contribution in [-0.2, 0) is 18.4 Å². The predicted molar refractivity (Wildman–Crippen MR) is 76.2 cm³/mol. The SMILES string of the molecule is CCOP(=O)(CCNC(=O)CCC(C)(N)C#N)OCC. The number of nitrogens with one attached hydrogen (secondary N) is 1. The second kappa shape index (κ2) is 9.09. The Morgan fingerprint density at radius 3 is 2.40 bits per heavy atom. The molecule has 0 radical (unpaired) electrons. The normalized spacial score (nSPS) is 14.3. The minimum Gasteiger partial charge on any atom is -0.355 e. The number of amides is 1. The molecule has 0 aliphatic carbocycles. The Hall–Kier alpha value is -0.930. The number of nitrogens with zero attached hydrogens (tertiary/aromatic N) is 1. The molecule has 1 amide bonds. The molecule has 0 aromatic heterocycles. The molecule has 0 saturated heterocycles. The van der Waals surface area contributed by atoms with Gasteiger partial charge in [0.1, 0.15) is 5.54 Å². The van der Waals surface area contributed by atoms with Crippen molar-refractivity contribution in [2.75, 3.05) is 25.9 Å². The fraction of sp³-hybridized carbons (Fsp3) is 0.833. The molecular weight excluding hydrogens is 281 g/mol. The van der Waals surface area contributed by atoms with Crippen molar-refractivity contribution in [2.24, 2.45) is 5.73 Å². The first-order valence-corrected chi connectivity index (χ1v) is 8.36. The maximum atomic E-state index is 12.1. The van der Waals surface area contributed by atoms with Crippen molar-refractivity contribution >= 4 is 13.5 Å². The molecule has 0 aliphatic rings. The summed E-state index contributed by atoms with van der Waals surface area (Å²) in [6.07, 6.45) is 0.538. The topological polar surface area (TPSA) is 114 Å². The maximum Gasteiger partial charge on any atom is 0.332 e. The minimum absolute atomic E-state index is 0.124. The average Bonchev–Trinajstić information content (AvgIpc) is 2.37. The van der Waals surface area contributed by atoms with Gasteiger partial charge < -0.3 is 20.1 Å². The van der Waals surface area contributed by atoms with Gasteiger partial charge in [-0.1, -0.05) is 0 Å². The Morgan fingerprint density at radius 1 is 1.40 bits per heavy atom. The molecule has 1 unspecified atom stereocenters. The minimum atomic E-state index is -3.12. The highest BCUT2D eigenvalue weighted by atomic mass is 31.2. The first-order chi connectivity index (χ1) is 9.28. The van der Waals surface area contributed by atoms with Gasteiger partial charge in [-0.2, -0.15) is 5.26 Å². The van der Waals surface area contributed by atoms with Crippen LogP contribution in [-0.4, -0.2) is 37.4 Å². The Morgan fingerprint density at radius 2 is 1.95 bits per heavy atom. The van der Waals surface area contributed by atoms with Crippen LogP contribution in [0.4, 0.5) is 0 Å². The van der Waals surface area contributed by atoms with E-state index in [4.69, 9.17) is 20.0 Å². The Kier molecular flexibility index (Phi) is 8.67. The number of nitriles is 1. The predicted octanol–water partition coefficient (Wildman–Crippen LogP) is 1.39. The van der Waals surface area contributed by atoms with E-state index in [1.54, 1.807) is 20.8 Å². The zero-order valence-electron chi connectivity index (χ0n) is 12.3. The molecule has 0 aromatic rings. The monoisotopic (exact) mass is 305 g/mol. The van der Waals surface area contributed by atoms with Crippen molar-refractivity contribution in [3.63, 3.8) is 0 Å². The van der Waals surface area contributed by atoms with Gasteiger partial charge in [-0.05, 0) is 27.2 Å². The lowest BCUT2D eigenvalue weighted by molar-refractivity contribution is -0.121. The highest BCUT2D eigenvalue weighted by Crippen LogP contribution is 2.47. The van der Waals surface area contributed by atoms with Crippen molar-refractivity contribution in [1.82, 2.24) is 5.32 Å². The van der Waals surface area contributed by atoms with E-state index in [0.29, 0.717) is 13.2 Å². The summed E-state index contributed by atoms with van der Waals surface area (Å²) in [6.45, 7) is 5.81. The lowest BCUT2D eigenvalue weighted by Crippen LogP contribution is -2.36. The fourth-order valence-corrected chi connectivity index (χ4v) is 2.91. The van der Waals surface area contributed by atoms with Crippen molar-refractivity contribution in [3.05, 3.63) is 0 Å². The number of carbonyl (C=O) groups excluding carboxylic acids is 1. The quantitative estimate of drug-likeness (QED) is 0.589. The van der Waals surface area contributed by atoms with Crippen LogP contribution in [0, 0.1) is 11.3 Å². The summed E-state index contributed by atoms with van der Waals surface area (Å²) in [4.78, 5) is 11.6. The molecule has 116 valence electrons. The largest absolute Gasteiger partial charge is 0.355 e. The second-order valence-electron chi connectivity index (χ2n) is 4.55. The Balaban J connectivity index is 4.07. The van der Waals surface area contributed by atoms with E-state index in [0.717, 1.165) is 0 Å². The van der Waals surface area contributed by atoms with E-state index in [-0.39, 0.29) is 31.5 Å². The van der Waals surface area contributed by atoms with Gasteiger partial charge >= 0.3 is 7.60 Å². The van der Waals surface area contributed by atoms with Gasteiger partial charge in [0.05, 0.1) is 25.4 Å². The molecule has 0 fully saturated rings. The Labute approximate surface area is 120 Å². The number of nitrogens with two attached hydrogens (primary N) is 1. The molecule has 0 heterocycles. The van der Waals surface area contributed by atoms with Gasteiger partial charge in [0, 0.05) is 13.0 Å². The van der Waals surface area contributed by atoms with Crippen molar-refractivity contribution in [1.29, 1.82) is 5.26 Å². The van der Waals surface area contributed by atoms with E-state index < -0.39 is 13.1 Å². The Bertz CT molecular complexity index is 383. The average molecular weight is 305 g/mol. The number of rotatable bonds is 10. The molecule has 0 saturated carbocycles. The molecule has 0 bridgehead atoms. The van der Waals surface area contributed by atoms with Crippen LogP contribution < -0.4 is 11.1 Å². The van der Waals surface area contributed by atoms with E-state index in [2.05, 4.69) is 5.32 Å². The zero-order valence-corrected chi connectivity index (χ0v) is 13.2. The van der Waals surface area contributed by atoms with Crippen molar-refractivity contribution in [2.45, 2.75) is 39.2 Å². The van der Waals surface area contributed by atoms with E-state index in [1.165, 1.54) is 0 Å². The molecule has 0 aliphatic heterocycles. The summed E-state index contributed by atoms with van der Waals surface area (Å²) in [5, 5.41) is 11.3. The van der Waals surface area contributed by atoms with Gasteiger partial charge in [-0.15, -0.1) is 0 Å². The third-order valence-electron chi connectivity index (χ3n) is 2.49. The summed E-state index contributed by atoms with van der Waals surface area (Å²) in [5.41, 5.74) is 4.61. The van der Waals surface area contributed by atoms with E-state index >= 15 is 0 Å². The molecular formula is C12H24N3O4P. The van der Waals surface area contributed by atoms with Crippen molar-refractivity contribution in [3.8, 4) is 6.07 Å². The lowest BCUT2D eigenvalue weighted by Gasteiger charge is -2.17. The van der Waals surface area contributed by atoms with Crippen LogP contribution in [0.25, 0.3) is 0 Å². The maximum absolute atomic E-state index is 12.1. The van der Waals surface area contributed by atoms with E-state index in [9.17, 15) is 9.36 Å². The third kappa shape index (κ3) is 8.28. The summed E-state index contributed by atoms with van der Waals surface area (Å²) >= 11 is 0. The zero-order chi connectivity index (χ0) is 15.6. The second-order valence-corrected chi connectivity index (χ2v) is 6.73. The standard InChI is InChI=1S/C12H24N3O4P/c1-4-18-20(17,19-5-2)9-8-15-11(16)6-7-12(3,14)10-13/h4-9,14H2,1-3H3,(H,15,16). The molecule has 0 rings (SSSR count). The van der Waals surface area contributed by atoms with Crippen LogP contribution in [0.1, 0.15) is 33.6 Å². The first-order valence-electron chi connectivity index (χ1n) is 6.63. The summed E-state index contributed by atoms with van der Waals surface area (Å²) in [5.74, 6) is -0.239. The fourth-order valence-electron chi connectivity index (χ4n) is 1.41. The van der Waals surface area contributed by atoms with Crippen LogP contribution in [0.5, 0.6) is 0 Å². The van der Waals surface area contributed by atoms with Gasteiger partial charge in [0.15, 0.2) is 0 Å². The lowest BCUT2D eigenvalue weighted by atomic mass is 9.99. The molecule has 3 N–H and O–H groups in total. The molecule has 0 aromatic carbocycles. The molecule has 0 spiro atoms. The molecule has 20 heavy (non-hydrogen) atoms. The van der Waals surface area contributed by atoms with Gasteiger partial charge in [0.25, 0.3) is 0 Å². The van der Waals surface area contributed by atoms with Gasteiger partial charge in [-0.3, -0.25) is 9.36 Å². The molecule has 8 heteroatoms. The van der Waals surface area contributed by atoms with Gasteiger partial charge in [0.2, 0.25) is 5.91 Å². The highest BCUT2D eigenvalue weighted by molar-refractivity contribution is 7.53. The number of carbonyl (C=O) groups is 1. The smallest absolute Gasteiger partial charge is 0.332 e.